The molecule has 0 aliphatic carbocycles. The molecular weight excluding hydrogens is 563 g/mol. The van der Waals surface area contributed by atoms with Gasteiger partial charge in [-0.15, -0.1) is 22.7 Å². The Labute approximate surface area is 240 Å². The summed E-state index contributed by atoms with van der Waals surface area (Å²) in [5.74, 6) is -0.967. The van der Waals surface area contributed by atoms with E-state index in [-0.39, 0.29) is 17.2 Å². The van der Waals surface area contributed by atoms with Crippen LogP contribution in [0.3, 0.4) is 0 Å². The molecule has 40 heavy (non-hydrogen) atoms. The van der Waals surface area contributed by atoms with Crippen LogP contribution in [0.25, 0.3) is 20.8 Å². The SMILES string of the molecule is Cc1ccc2nc(-c3ccc(N4C(=O)CC(N(CCc5ccccc5)S(=O)(=O)c5cccs5)C4=O)cc3)sc2c1. The largest absolute Gasteiger partial charge is 0.274 e. The number of thiophene rings is 1. The number of benzene rings is 3. The van der Waals surface area contributed by atoms with Crippen molar-refractivity contribution in [1.29, 1.82) is 0 Å². The molecular formula is C30H25N3O4S3. The van der Waals surface area contributed by atoms with E-state index in [1.165, 1.54) is 10.4 Å². The molecule has 2 aromatic heterocycles. The summed E-state index contributed by atoms with van der Waals surface area (Å²) >= 11 is 2.68. The molecule has 0 N–H and O–H groups in total. The minimum absolute atomic E-state index is 0.0811. The second-order valence-corrected chi connectivity index (χ2v) is 13.7. The molecule has 5 aromatic rings. The Morgan fingerprint density at radius 3 is 2.48 bits per heavy atom. The molecule has 1 fully saturated rings. The van der Waals surface area contributed by atoms with E-state index in [0.717, 1.165) is 48.2 Å². The highest BCUT2D eigenvalue weighted by atomic mass is 32.2. The second-order valence-electron chi connectivity index (χ2n) is 9.61. The number of rotatable bonds is 8. The molecule has 0 saturated carbocycles. The van der Waals surface area contributed by atoms with Crippen LogP contribution in [0, 0.1) is 6.92 Å². The standard InChI is InChI=1S/C30H25N3O4S3/c1-20-9-14-24-26(18-20)39-29(31-24)22-10-12-23(13-11-22)33-27(34)19-25(30(33)35)32(16-15-21-6-3-2-4-7-21)40(36,37)28-8-5-17-38-28/h2-14,17-18,25H,15-16,19H2,1H3. The van der Waals surface area contributed by atoms with E-state index in [9.17, 15) is 18.0 Å². The molecule has 2 amide bonds. The molecule has 0 bridgehead atoms. The molecule has 202 valence electrons. The van der Waals surface area contributed by atoms with Crippen LogP contribution in [0.1, 0.15) is 17.5 Å². The molecule has 3 heterocycles. The van der Waals surface area contributed by atoms with Crippen LogP contribution in [-0.2, 0) is 26.0 Å². The van der Waals surface area contributed by atoms with Crippen molar-refractivity contribution in [2.75, 3.05) is 11.4 Å². The van der Waals surface area contributed by atoms with Crippen molar-refractivity contribution in [3.63, 3.8) is 0 Å². The fourth-order valence-electron chi connectivity index (χ4n) is 4.87. The number of aromatic nitrogens is 1. The highest BCUT2D eigenvalue weighted by molar-refractivity contribution is 7.91. The average Bonchev–Trinajstić information content (AvgIpc) is 3.69. The first-order valence-electron chi connectivity index (χ1n) is 12.7. The predicted molar refractivity (Wildman–Crippen MR) is 159 cm³/mol. The van der Waals surface area contributed by atoms with Gasteiger partial charge in [0.1, 0.15) is 15.3 Å². The number of thiazole rings is 1. The van der Waals surface area contributed by atoms with Crippen molar-refractivity contribution >= 4 is 60.4 Å². The van der Waals surface area contributed by atoms with E-state index in [2.05, 4.69) is 6.07 Å². The van der Waals surface area contributed by atoms with Gasteiger partial charge in [-0.2, -0.15) is 4.31 Å². The predicted octanol–water partition coefficient (Wildman–Crippen LogP) is 5.90. The number of anilines is 1. The van der Waals surface area contributed by atoms with Gasteiger partial charge in [-0.25, -0.2) is 18.3 Å². The van der Waals surface area contributed by atoms with Crippen molar-refractivity contribution in [2.24, 2.45) is 0 Å². The first-order valence-corrected chi connectivity index (χ1v) is 15.9. The van der Waals surface area contributed by atoms with E-state index < -0.39 is 27.9 Å². The Hall–Kier alpha value is -3.70. The molecule has 10 heteroatoms. The highest BCUT2D eigenvalue weighted by Gasteiger charge is 2.47. The van der Waals surface area contributed by atoms with E-state index >= 15 is 0 Å². The van der Waals surface area contributed by atoms with Crippen LogP contribution in [-0.4, -0.2) is 42.1 Å². The first-order chi connectivity index (χ1) is 19.3. The van der Waals surface area contributed by atoms with Gasteiger partial charge in [0.15, 0.2) is 0 Å². The summed E-state index contributed by atoms with van der Waals surface area (Å²) in [6.07, 6.45) is 0.205. The number of imide groups is 1. The summed E-state index contributed by atoms with van der Waals surface area (Å²) in [4.78, 5) is 32.7. The Balaban J connectivity index is 1.27. The zero-order valence-electron chi connectivity index (χ0n) is 21.6. The van der Waals surface area contributed by atoms with Crippen LogP contribution < -0.4 is 4.90 Å². The van der Waals surface area contributed by atoms with Crippen molar-refractivity contribution < 1.29 is 18.0 Å². The van der Waals surface area contributed by atoms with Crippen LogP contribution in [0.2, 0.25) is 0 Å². The fraction of sp³-hybridized carbons (Fsp3) is 0.167. The maximum atomic E-state index is 13.7. The molecule has 7 nitrogen and oxygen atoms in total. The molecule has 1 saturated heterocycles. The molecule has 1 unspecified atom stereocenters. The smallest absolute Gasteiger partial charge is 0.253 e. The zero-order chi connectivity index (χ0) is 27.9. The zero-order valence-corrected chi connectivity index (χ0v) is 24.0. The van der Waals surface area contributed by atoms with Crippen molar-refractivity contribution in [3.8, 4) is 10.6 Å². The minimum Gasteiger partial charge on any atom is -0.274 e. The molecule has 3 aromatic carbocycles. The Morgan fingerprint density at radius 2 is 1.75 bits per heavy atom. The lowest BCUT2D eigenvalue weighted by Crippen LogP contribution is -2.46. The monoisotopic (exact) mass is 587 g/mol. The number of hydrogen-bond acceptors (Lipinski definition) is 7. The summed E-state index contributed by atoms with van der Waals surface area (Å²) in [5, 5.41) is 2.53. The van der Waals surface area contributed by atoms with Crippen LogP contribution in [0.4, 0.5) is 5.69 Å². The summed E-state index contributed by atoms with van der Waals surface area (Å²) in [6.45, 7) is 2.12. The van der Waals surface area contributed by atoms with Crippen LogP contribution >= 0.6 is 22.7 Å². The van der Waals surface area contributed by atoms with Gasteiger partial charge in [-0.1, -0.05) is 42.5 Å². The molecule has 0 spiro atoms. The third-order valence-corrected chi connectivity index (χ3v) is 11.3. The Bertz CT molecular complexity index is 1800. The Kier molecular flexibility index (Phi) is 7.09. The molecule has 6 rings (SSSR count). The highest BCUT2D eigenvalue weighted by Crippen LogP contribution is 2.34. The molecule has 0 radical (unpaired) electrons. The van der Waals surface area contributed by atoms with Gasteiger partial charge >= 0.3 is 0 Å². The first kappa shape index (κ1) is 26.5. The molecule has 1 atom stereocenters. The van der Waals surface area contributed by atoms with Crippen molar-refractivity contribution in [1.82, 2.24) is 9.29 Å². The normalized spacial score (nSPS) is 15.9. The van der Waals surface area contributed by atoms with E-state index in [4.69, 9.17) is 4.98 Å². The number of carbonyl (C=O) groups is 2. The summed E-state index contributed by atoms with van der Waals surface area (Å²) in [5.41, 5.74) is 4.32. The van der Waals surface area contributed by atoms with Crippen LogP contribution in [0.5, 0.6) is 0 Å². The Morgan fingerprint density at radius 1 is 0.975 bits per heavy atom. The van der Waals surface area contributed by atoms with Gasteiger partial charge in [0.05, 0.1) is 22.3 Å². The minimum atomic E-state index is -3.99. The summed E-state index contributed by atoms with van der Waals surface area (Å²) in [7, 11) is -3.99. The number of nitrogens with zero attached hydrogens (tertiary/aromatic N) is 3. The van der Waals surface area contributed by atoms with Gasteiger partial charge < -0.3 is 0 Å². The number of fused-ring (bicyclic) bond motifs is 1. The number of hydrogen-bond donors (Lipinski definition) is 0. The second kappa shape index (κ2) is 10.7. The summed E-state index contributed by atoms with van der Waals surface area (Å²) < 4.78 is 29.7. The van der Waals surface area contributed by atoms with Crippen LogP contribution in [0.15, 0.2) is 94.5 Å². The lowest BCUT2D eigenvalue weighted by molar-refractivity contribution is -0.122. The average molecular weight is 588 g/mol. The quantitative estimate of drug-likeness (QED) is 0.211. The van der Waals surface area contributed by atoms with Gasteiger partial charge in [0, 0.05) is 12.1 Å². The van der Waals surface area contributed by atoms with Gasteiger partial charge in [-0.3, -0.25) is 9.59 Å². The number of amides is 2. The maximum Gasteiger partial charge on any atom is 0.253 e. The topological polar surface area (TPSA) is 87.7 Å². The number of sulfonamides is 1. The van der Waals surface area contributed by atoms with Gasteiger partial charge in [-0.05, 0) is 72.3 Å². The number of carbonyl (C=O) groups excluding carboxylic acids is 2. The van der Waals surface area contributed by atoms with E-state index in [0.29, 0.717) is 12.1 Å². The maximum absolute atomic E-state index is 13.7. The number of aryl methyl sites for hydroxylation is 1. The lowest BCUT2D eigenvalue weighted by atomic mass is 10.1. The van der Waals surface area contributed by atoms with E-state index in [1.807, 2.05) is 61.5 Å². The van der Waals surface area contributed by atoms with Crippen molar-refractivity contribution in [3.05, 3.63) is 101 Å². The third kappa shape index (κ3) is 4.99. The third-order valence-electron chi connectivity index (χ3n) is 6.91. The molecule has 1 aliphatic rings. The lowest BCUT2D eigenvalue weighted by Gasteiger charge is -2.26. The molecule has 1 aliphatic heterocycles. The van der Waals surface area contributed by atoms with Gasteiger partial charge in [0.25, 0.3) is 15.9 Å². The fourth-order valence-corrected chi connectivity index (χ4v) is 8.64. The van der Waals surface area contributed by atoms with Crippen molar-refractivity contribution in [2.45, 2.75) is 30.0 Å². The van der Waals surface area contributed by atoms with Gasteiger partial charge in [0.2, 0.25) is 5.91 Å². The summed E-state index contributed by atoms with van der Waals surface area (Å²) in [6, 6.07) is 24.8. The van der Waals surface area contributed by atoms with E-state index in [1.54, 1.807) is 34.9 Å².